The number of imidazole rings is 1. The molecule has 0 aliphatic carbocycles. The number of benzene rings is 1. The van der Waals surface area contributed by atoms with Gasteiger partial charge >= 0.3 is 0 Å². The van der Waals surface area contributed by atoms with Crippen molar-refractivity contribution in [3.63, 3.8) is 0 Å². The lowest BCUT2D eigenvalue weighted by molar-refractivity contribution is -0.148. The lowest BCUT2D eigenvalue weighted by Gasteiger charge is -2.41. The van der Waals surface area contributed by atoms with Crippen LogP contribution in [-0.4, -0.2) is 205 Å². The van der Waals surface area contributed by atoms with E-state index < -0.39 is 108 Å². The van der Waals surface area contributed by atoms with Crippen molar-refractivity contribution >= 4 is 59.1 Å². The van der Waals surface area contributed by atoms with Crippen LogP contribution in [0.3, 0.4) is 0 Å². The fourth-order valence-corrected chi connectivity index (χ4v) is 11.1. The van der Waals surface area contributed by atoms with Crippen LogP contribution >= 0.6 is 0 Å². The smallest absolute Gasteiger partial charge is 0.253 e. The van der Waals surface area contributed by atoms with Gasteiger partial charge in [-0.3, -0.25) is 57.7 Å². The van der Waals surface area contributed by atoms with E-state index in [-0.39, 0.29) is 80.8 Å². The molecule has 11 atom stereocenters. The predicted molar refractivity (Wildman–Crippen MR) is 315 cm³/mol. The number of imide groups is 1. The van der Waals surface area contributed by atoms with E-state index in [9.17, 15) is 47.9 Å². The molecule has 24 heteroatoms. The maximum Gasteiger partial charge on any atom is 0.253 e. The molecule has 2 aliphatic heterocycles. The molecule has 0 bridgehead atoms. The fraction of sp³-hybridized carbons (Fsp3) is 0.650. The number of ether oxygens (including phenoxy) is 2. The standard InChI is InChI=1S/C60H94N12O12/c1-15-38(8)53(70(12)60(82)51(36(4)5)68-59(81)52(37(6)7)69(10)11)45(83-13)32-49(76)71-28-19-22-44(71)54(84-14)39(9)55(77)65-42(30-40-20-17-16-18-21-40)56(78)66-43(31-41-33-61-34-64-41)57(79)67-50(35(2)3)58(80)63-27-26-62-46(73)25-29-72-47(74)23-24-48(72)75/h16-18,20-21,23-24,33-39,42-45,50-54H,15,19,22,25-32H2,1-14H3,(H,61,64)(H,62,73)(H,63,80)(H,65,77)(H,66,78)(H,67,79)(H,68,81)/t38-,39+,42-,43-,44-,45+,50-,51-,52-,53-,54?/m0/s1. The molecule has 466 valence electrons. The van der Waals surface area contributed by atoms with Crippen molar-refractivity contribution in [2.75, 3.05) is 61.5 Å². The second-order valence-corrected chi connectivity index (χ2v) is 23.3. The molecule has 84 heavy (non-hydrogen) atoms. The molecule has 4 rings (SSSR count). The van der Waals surface area contributed by atoms with Crippen LogP contribution in [0.25, 0.3) is 0 Å². The Morgan fingerprint density at radius 1 is 0.726 bits per heavy atom. The SMILES string of the molecule is CC[C@H](C)[C@@H]([C@@H](CC(=O)N1CCC[C@H]1C(OC)[C@@H](C)C(=O)N[C@@H](Cc1ccccc1)C(=O)N[C@@H](Cc1cnc[nH]1)C(=O)N[C@H](C(=O)NCCNC(=O)CCN1C(=O)C=CC1=O)C(C)C)OC)N(C)C(=O)[C@@H](NC(=O)[C@H](C(C)C)N(C)C)C(C)C. The number of carbonyl (C=O) groups excluding carboxylic acids is 10. The highest BCUT2D eigenvalue weighted by molar-refractivity contribution is 6.13. The molecule has 2 aromatic rings. The van der Waals surface area contributed by atoms with Gasteiger partial charge in [0.15, 0.2) is 0 Å². The van der Waals surface area contributed by atoms with Crippen LogP contribution in [0, 0.1) is 29.6 Å². The summed E-state index contributed by atoms with van der Waals surface area (Å²) >= 11 is 0. The van der Waals surface area contributed by atoms with Gasteiger partial charge in [0.25, 0.3) is 11.8 Å². The molecule has 24 nitrogen and oxygen atoms in total. The lowest BCUT2D eigenvalue weighted by atomic mass is 9.89. The minimum atomic E-state index is -1.27. The molecule has 7 N–H and O–H groups in total. The molecule has 2 aliphatic rings. The van der Waals surface area contributed by atoms with Crippen molar-refractivity contribution in [3.05, 3.63) is 66.3 Å². The molecule has 1 aromatic carbocycles. The Morgan fingerprint density at radius 2 is 1.32 bits per heavy atom. The summed E-state index contributed by atoms with van der Waals surface area (Å²) in [5, 5.41) is 16.9. The van der Waals surface area contributed by atoms with Gasteiger partial charge in [0.2, 0.25) is 47.3 Å². The minimum absolute atomic E-state index is 0.00647. The average molecular weight is 1180 g/mol. The molecule has 10 amide bonds. The minimum Gasteiger partial charge on any atom is -0.379 e. The fourth-order valence-electron chi connectivity index (χ4n) is 11.1. The lowest BCUT2D eigenvalue weighted by Crippen LogP contribution is -2.60. The zero-order valence-corrected chi connectivity index (χ0v) is 51.7. The molecular weight excluding hydrogens is 1080 g/mol. The number of aromatic amines is 1. The van der Waals surface area contributed by atoms with Crippen molar-refractivity contribution in [1.82, 2.24) is 61.5 Å². The molecule has 1 unspecified atom stereocenters. The summed E-state index contributed by atoms with van der Waals surface area (Å²) in [4.78, 5) is 149. The first-order chi connectivity index (χ1) is 39.8. The van der Waals surface area contributed by atoms with E-state index in [1.807, 2.05) is 66.6 Å². The first kappa shape index (κ1) is 69.4. The van der Waals surface area contributed by atoms with E-state index in [2.05, 4.69) is 41.9 Å². The second-order valence-electron chi connectivity index (χ2n) is 23.3. The predicted octanol–water partition coefficient (Wildman–Crippen LogP) is 1.50. The number of aromatic nitrogens is 2. The topological polar surface area (TPSA) is 303 Å². The Labute approximate surface area is 495 Å². The van der Waals surface area contributed by atoms with Gasteiger partial charge < -0.3 is 56.2 Å². The third-order valence-corrected chi connectivity index (χ3v) is 15.9. The summed E-state index contributed by atoms with van der Waals surface area (Å²) in [6, 6.07) is 3.05. The average Bonchev–Trinajstić information content (AvgIpc) is 3.39. The quantitative estimate of drug-likeness (QED) is 0.0386. The van der Waals surface area contributed by atoms with Crippen LogP contribution in [0.5, 0.6) is 0 Å². The van der Waals surface area contributed by atoms with E-state index >= 15 is 0 Å². The highest BCUT2D eigenvalue weighted by Crippen LogP contribution is 2.30. The normalized spacial score (nSPS) is 17.9. The largest absolute Gasteiger partial charge is 0.379 e. The zero-order chi connectivity index (χ0) is 62.5. The third kappa shape index (κ3) is 19.5. The summed E-state index contributed by atoms with van der Waals surface area (Å²) in [6.07, 6.45) is 5.16. The maximum atomic E-state index is 14.6. The molecule has 3 heterocycles. The van der Waals surface area contributed by atoms with Crippen LogP contribution in [0.1, 0.15) is 106 Å². The Kier molecular flexibility index (Phi) is 27.6. The number of likely N-dealkylation sites (tertiary alicyclic amines) is 1. The van der Waals surface area contributed by atoms with Crippen molar-refractivity contribution in [3.8, 4) is 0 Å². The highest BCUT2D eigenvalue weighted by atomic mass is 16.5. The summed E-state index contributed by atoms with van der Waals surface area (Å²) in [6.45, 7) is 17.1. The zero-order valence-electron chi connectivity index (χ0n) is 51.7. The number of likely N-dealkylation sites (N-methyl/N-ethyl adjacent to an activating group) is 2. The summed E-state index contributed by atoms with van der Waals surface area (Å²) in [7, 11) is 8.34. The van der Waals surface area contributed by atoms with E-state index in [4.69, 9.17) is 9.47 Å². The number of hydrogen-bond acceptors (Lipinski definition) is 14. The van der Waals surface area contributed by atoms with Gasteiger partial charge in [0, 0.05) is 90.8 Å². The Morgan fingerprint density at radius 3 is 1.88 bits per heavy atom. The monoisotopic (exact) mass is 1170 g/mol. The number of hydrogen-bond donors (Lipinski definition) is 7. The second kappa shape index (κ2) is 33.4. The number of methoxy groups -OCH3 is 2. The number of H-pyrrole nitrogens is 1. The van der Waals surface area contributed by atoms with Crippen molar-refractivity contribution < 1.29 is 57.4 Å². The van der Waals surface area contributed by atoms with Crippen LogP contribution in [0.2, 0.25) is 0 Å². The van der Waals surface area contributed by atoms with Crippen LogP contribution in [0.15, 0.2) is 55.0 Å². The molecule has 1 aromatic heterocycles. The van der Waals surface area contributed by atoms with Gasteiger partial charge in [0.05, 0.1) is 49.0 Å². The van der Waals surface area contributed by atoms with Gasteiger partial charge in [-0.2, -0.15) is 0 Å². The van der Waals surface area contributed by atoms with E-state index in [1.54, 1.807) is 61.9 Å². The summed E-state index contributed by atoms with van der Waals surface area (Å²) in [5.74, 6) is -6.43. The first-order valence-corrected chi connectivity index (χ1v) is 29.3. The molecule has 1 saturated heterocycles. The van der Waals surface area contributed by atoms with E-state index in [0.717, 1.165) is 17.1 Å². The Bertz CT molecular complexity index is 2530. The van der Waals surface area contributed by atoms with Gasteiger partial charge in [-0.25, -0.2) is 4.98 Å². The van der Waals surface area contributed by atoms with Gasteiger partial charge in [-0.05, 0) is 56.2 Å². The number of carbonyl (C=O) groups is 10. The van der Waals surface area contributed by atoms with Crippen molar-refractivity contribution in [2.45, 2.75) is 162 Å². The number of rotatable bonds is 34. The molecule has 0 radical (unpaired) electrons. The van der Waals surface area contributed by atoms with Crippen LogP contribution in [-0.2, 0) is 70.3 Å². The van der Waals surface area contributed by atoms with E-state index in [0.29, 0.717) is 37.1 Å². The van der Waals surface area contributed by atoms with Gasteiger partial charge in [-0.1, -0.05) is 99.1 Å². The molecule has 0 saturated carbocycles. The molecule has 1 fully saturated rings. The molecular formula is C60H94N12O12. The van der Waals surface area contributed by atoms with Crippen LogP contribution < -0.4 is 31.9 Å². The Balaban J connectivity index is 1.50. The van der Waals surface area contributed by atoms with Gasteiger partial charge in [0.1, 0.15) is 24.2 Å². The van der Waals surface area contributed by atoms with Crippen LogP contribution in [0.4, 0.5) is 0 Å². The maximum absolute atomic E-state index is 14.6. The summed E-state index contributed by atoms with van der Waals surface area (Å²) < 4.78 is 12.2. The van der Waals surface area contributed by atoms with Crippen molar-refractivity contribution in [2.24, 2.45) is 29.6 Å². The van der Waals surface area contributed by atoms with E-state index in [1.165, 1.54) is 26.7 Å². The van der Waals surface area contributed by atoms with Crippen molar-refractivity contribution in [1.29, 1.82) is 0 Å². The molecule has 0 spiro atoms. The highest BCUT2D eigenvalue weighted by Gasteiger charge is 2.44. The third-order valence-electron chi connectivity index (χ3n) is 15.9. The number of amides is 10. The number of nitrogens with zero attached hydrogens (tertiary/aromatic N) is 5. The Hall–Kier alpha value is -7.05. The first-order valence-electron chi connectivity index (χ1n) is 29.3. The van der Waals surface area contributed by atoms with Gasteiger partial charge in [-0.15, -0.1) is 0 Å². The number of nitrogens with one attached hydrogen (secondary N) is 7. The summed E-state index contributed by atoms with van der Waals surface area (Å²) in [5.41, 5.74) is 1.21.